The predicted octanol–water partition coefficient (Wildman–Crippen LogP) is 4.04. The smallest absolute Gasteiger partial charge is 0.251 e. The minimum Gasteiger partial charge on any atom is -0.475 e. The number of nitrogens with one attached hydrogen (secondary N) is 1. The van der Waals surface area contributed by atoms with Gasteiger partial charge in [-0.25, -0.2) is 4.39 Å². The van der Waals surface area contributed by atoms with E-state index in [2.05, 4.69) is 41.4 Å². The monoisotopic (exact) mass is 433 g/mol. The van der Waals surface area contributed by atoms with Gasteiger partial charge in [-0.2, -0.15) is 4.52 Å². The summed E-state index contributed by atoms with van der Waals surface area (Å²) in [6.07, 6.45) is 0. The number of hydrogen-bond donors (Lipinski definition) is 1. The lowest BCUT2D eigenvalue weighted by atomic mass is 9.87. The van der Waals surface area contributed by atoms with Crippen LogP contribution in [0, 0.1) is 5.82 Å². The molecule has 1 amide bonds. The van der Waals surface area contributed by atoms with Crippen molar-refractivity contribution < 1.29 is 13.9 Å². The topological polar surface area (TPSA) is 81.4 Å². The number of aromatic nitrogens is 4. The zero-order chi connectivity index (χ0) is 22.7. The molecule has 8 heteroatoms. The number of halogens is 1. The van der Waals surface area contributed by atoms with Gasteiger partial charge in [-0.1, -0.05) is 45.0 Å². The molecular weight excluding hydrogens is 409 g/mol. The first-order valence-electron chi connectivity index (χ1n) is 10.3. The summed E-state index contributed by atoms with van der Waals surface area (Å²) in [5, 5.41) is 15.4. The average Bonchev–Trinajstić information content (AvgIpc) is 3.19. The zero-order valence-electron chi connectivity index (χ0n) is 18.2. The highest BCUT2D eigenvalue weighted by molar-refractivity contribution is 5.94. The quantitative estimate of drug-likeness (QED) is 0.464. The first kappa shape index (κ1) is 21.4. The second kappa shape index (κ2) is 8.74. The van der Waals surface area contributed by atoms with Crippen LogP contribution in [0.1, 0.15) is 36.7 Å². The molecule has 32 heavy (non-hydrogen) atoms. The number of carbonyl (C=O) groups is 1. The van der Waals surface area contributed by atoms with Crippen LogP contribution in [0.5, 0.6) is 5.88 Å². The Morgan fingerprint density at radius 2 is 1.84 bits per heavy atom. The molecule has 1 N–H and O–H groups in total. The van der Waals surface area contributed by atoms with Crippen molar-refractivity contribution in [3.05, 3.63) is 77.6 Å². The number of nitrogens with zero attached hydrogens (tertiary/aromatic N) is 4. The fraction of sp³-hybridized carbons (Fsp3) is 0.250. The number of amides is 1. The minimum atomic E-state index is -0.365. The largest absolute Gasteiger partial charge is 0.475 e. The van der Waals surface area contributed by atoms with Crippen molar-refractivity contribution in [2.24, 2.45) is 0 Å². The number of carbonyl (C=O) groups excluding carboxylic acids is 1. The van der Waals surface area contributed by atoms with Crippen LogP contribution >= 0.6 is 0 Å². The SMILES string of the molecule is CC(C)(C)c1ccc(C(=O)NCCOc2ccc3nnc(-c4cccc(F)c4)n3n2)cc1. The predicted molar refractivity (Wildman–Crippen MR) is 119 cm³/mol. The highest BCUT2D eigenvalue weighted by atomic mass is 19.1. The van der Waals surface area contributed by atoms with Gasteiger partial charge in [0.25, 0.3) is 5.91 Å². The van der Waals surface area contributed by atoms with Crippen molar-refractivity contribution in [2.45, 2.75) is 26.2 Å². The van der Waals surface area contributed by atoms with Gasteiger partial charge in [0.05, 0.1) is 6.54 Å². The van der Waals surface area contributed by atoms with Crippen LogP contribution in [0.3, 0.4) is 0 Å². The van der Waals surface area contributed by atoms with Gasteiger partial charge in [-0.15, -0.1) is 15.3 Å². The molecule has 0 aliphatic rings. The fourth-order valence-electron chi connectivity index (χ4n) is 3.20. The zero-order valence-corrected chi connectivity index (χ0v) is 18.2. The summed E-state index contributed by atoms with van der Waals surface area (Å²) in [6.45, 7) is 6.95. The van der Waals surface area contributed by atoms with Gasteiger partial charge < -0.3 is 10.1 Å². The van der Waals surface area contributed by atoms with Crippen LogP contribution in [0.25, 0.3) is 17.0 Å². The summed E-state index contributed by atoms with van der Waals surface area (Å²) >= 11 is 0. The second-order valence-corrected chi connectivity index (χ2v) is 8.41. The Morgan fingerprint density at radius 1 is 1.06 bits per heavy atom. The number of ether oxygens (including phenoxy) is 1. The van der Waals surface area contributed by atoms with E-state index in [0.29, 0.717) is 35.0 Å². The molecule has 4 rings (SSSR count). The molecule has 0 saturated carbocycles. The molecule has 2 aromatic carbocycles. The third-order valence-electron chi connectivity index (χ3n) is 4.97. The Labute approximate surface area is 185 Å². The summed E-state index contributed by atoms with van der Waals surface area (Å²) in [5.74, 6) is 0.232. The van der Waals surface area contributed by atoms with E-state index < -0.39 is 0 Å². The van der Waals surface area contributed by atoms with Crippen LogP contribution in [0.15, 0.2) is 60.7 Å². The number of fused-ring (bicyclic) bond motifs is 1. The lowest BCUT2D eigenvalue weighted by molar-refractivity contribution is 0.0946. The van der Waals surface area contributed by atoms with Crippen molar-refractivity contribution in [3.8, 4) is 17.3 Å². The fourth-order valence-corrected chi connectivity index (χ4v) is 3.20. The summed E-state index contributed by atoms with van der Waals surface area (Å²) < 4.78 is 20.7. The van der Waals surface area contributed by atoms with E-state index in [0.717, 1.165) is 0 Å². The first-order chi connectivity index (χ1) is 15.3. The van der Waals surface area contributed by atoms with E-state index in [4.69, 9.17) is 4.74 Å². The summed E-state index contributed by atoms with van der Waals surface area (Å²) in [4.78, 5) is 12.4. The van der Waals surface area contributed by atoms with Crippen LogP contribution in [-0.4, -0.2) is 38.9 Å². The van der Waals surface area contributed by atoms with Gasteiger partial charge in [-0.3, -0.25) is 4.79 Å². The molecule has 0 bridgehead atoms. The third kappa shape index (κ3) is 4.74. The summed E-state index contributed by atoms with van der Waals surface area (Å²) in [5.41, 5.74) is 2.89. The number of rotatable bonds is 6. The normalized spacial score (nSPS) is 11.5. The minimum absolute atomic E-state index is 0.0379. The van der Waals surface area contributed by atoms with Gasteiger partial charge in [0.2, 0.25) is 5.88 Å². The molecule has 0 unspecified atom stereocenters. The van der Waals surface area contributed by atoms with E-state index in [9.17, 15) is 9.18 Å². The van der Waals surface area contributed by atoms with Gasteiger partial charge in [0, 0.05) is 17.2 Å². The molecule has 164 valence electrons. The molecule has 0 aliphatic heterocycles. The van der Waals surface area contributed by atoms with E-state index >= 15 is 0 Å². The Kier molecular flexibility index (Phi) is 5.85. The molecule has 0 atom stereocenters. The molecule has 2 aromatic heterocycles. The van der Waals surface area contributed by atoms with Gasteiger partial charge in [0.15, 0.2) is 11.5 Å². The maximum Gasteiger partial charge on any atom is 0.251 e. The molecule has 0 spiro atoms. The van der Waals surface area contributed by atoms with E-state index in [-0.39, 0.29) is 23.7 Å². The number of hydrogen-bond acceptors (Lipinski definition) is 5. The maximum atomic E-state index is 13.6. The van der Waals surface area contributed by atoms with Crippen LogP contribution < -0.4 is 10.1 Å². The molecule has 0 aliphatic carbocycles. The van der Waals surface area contributed by atoms with Crippen molar-refractivity contribution in [1.82, 2.24) is 25.1 Å². The van der Waals surface area contributed by atoms with Gasteiger partial charge in [0.1, 0.15) is 12.4 Å². The third-order valence-corrected chi connectivity index (χ3v) is 4.97. The van der Waals surface area contributed by atoms with Crippen LogP contribution in [0.4, 0.5) is 4.39 Å². The first-order valence-corrected chi connectivity index (χ1v) is 10.3. The standard InChI is InChI=1S/C24H24FN5O2/c1-24(2,3)18-9-7-16(8-10-18)23(31)26-13-14-32-21-12-11-20-27-28-22(30(20)29-21)17-5-4-6-19(25)15-17/h4-12,15H,13-14H2,1-3H3,(H,26,31). The molecule has 0 fully saturated rings. The molecule has 0 saturated heterocycles. The van der Waals surface area contributed by atoms with Crippen LogP contribution in [-0.2, 0) is 5.41 Å². The molecule has 0 radical (unpaired) electrons. The average molecular weight is 433 g/mol. The summed E-state index contributed by atoms with van der Waals surface area (Å²) in [7, 11) is 0. The van der Waals surface area contributed by atoms with Crippen LogP contribution in [0.2, 0.25) is 0 Å². The summed E-state index contributed by atoms with van der Waals surface area (Å²) in [6, 6.07) is 17.1. The van der Waals surface area contributed by atoms with Crippen molar-refractivity contribution in [2.75, 3.05) is 13.2 Å². The van der Waals surface area contributed by atoms with Crippen molar-refractivity contribution in [3.63, 3.8) is 0 Å². The molecule has 2 heterocycles. The van der Waals surface area contributed by atoms with E-state index in [1.807, 2.05) is 24.3 Å². The van der Waals surface area contributed by atoms with Gasteiger partial charge >= 0.3 is 0 Å². The Hall–Kier alpha value is -3.81. The highest BCUT2D eigenvalue weighted by Gasteiger charge is 2.14. The maximum absolute atomic E-state index is 13.6. The number of benzene rings is 2. The Bertz CT molecular complexity index is 1250. The Balaban J connectivity index is 1.36. The second-order valence-electron chi connectivity index (χ2n) is 8.41. The van der Waals surface area contributed by atoms with E-state index in [1.165, 1.54) is 22.2 Å². The van der Waals surface area contributed by atoms with Crippen molar-refractivity contribution >= 4 is 11.6 Å². The van der Waals surface area contributed by atoms with Gasteiger partial charge in [-0.05, 0) is 41.3 Å². The van der Waals surface area contributed by atoms with E-state index in [1.54, 1.807) is 24.3 Å². The lowest BCUT2D eigenvalue weighted by Gasteiger charge is -2.19. The lowest BCUT2D eigenvalue weighted by Crippen LogP contribution is -2.28. The molecule has 7 nitrogen and oxygen atoms in total. The van der Waals surface area contributed by atoms with Crippen molar-refractivity contribution in [1.29, 1.82) is 0 Å². The molecular formula is C24H24FN5O2. The Morgan fingerprint density at radius 3 is 2.56 bits per heavy atom. The molecule has 4 aromatic rings. The highest BCUT2D eigenvalue weighted by Crippen LogP contribution is 2.22.